The lowest BCUT2D eigenvalue weighted by Crippen LogP contribution is -2.32. The third-order valence-corrected chi connectivity index (χ3v) is 3.74. The largest absolute Gasteiger partial charge is 0.493 e. The number of hydrogen-bond donors (Lipinski definition) is 2. The quantitative estimate of drug-likeness (QED) is 0.352. The summed E-state index contributed by atoms with van der Waals surface area (Å²) in [6.45, 7) is 5.66. The van der Waals surface area contributed by atoms with Crippen LogP contribution in [0.15, 0.2) is 21.6 Å². The smallest absolute Gasteiger partial charge is 0.188 e. The van der Waals surface area contributed by atoms with Gasteiger partial charge in [-0.1, -0.05) is 29.8 Å². The molecule has 1 aromatic carbocycles. The Morgan fingerprint density at radius 2 is 1.86 bits per heavy atom. The highest BCUT2D eigenvalue weighted by Crippen LogP contribution is 2.33. The van der Waals surface area contributed by atoms with Crippen molar-refractivity contribution in [1.29, 1.82) is 0 Å². The molecule has 1 rings (SSSR count). The summed E-state index contributed by atoms with van der Waals surface area (Å²) in [6.07, 6.45) is 1.07. The van der Waals surface area contributed by atoms with Gasteiger partial charge in [0, 0.05) is 11.0 Å². The minimum atomic E-state index is 0. The average Bonchev–Trinajstić information content (AvgIpc) is 2.45. The highest BCUT2D eigenvalue weighted by atomic mass is 127. The molecule has 0 radical (unpaired) electrons. The van der Waals surface area contributed by atoms with Crippen molar-refractivity contribution in [3.63, 3.8) is 0 Å². The molecule has 0 aromatic heterocycles. The standard InChI is InChI=1S/C15H24BrN3O2.HI/c1-10(2)5-6-18-15(17)19-9-11-7-13(20-3)14(21-4)8-12(11)16;/h7-8,10H,5-6,9H2,1-4H3,(H3,17,18,19);1H. The fourth-order valence-corrected chi connectivity index (χ4v) is 2.18. The normalized spacial score (nSPS) is 11.1. The molecular formula is C15H25BrIN3O2. The number of halogens is 2. The van der Waals surface area contributed by atoms with Crippen LogP contribution in [0.4, 0.5) is 0 Å². The summed E-state index contributed by atoms with van der Waals surface area (Å²) in [5.41, 5.74) is 6.84. The van der Waals surface area contributed by atoms with Crippen LogP contribution in [0, 0.1) is 5.92 Å². The highest BCUT2D eigenvalue weighted by molar-refractivity contribution is 14.0. The predicted octanol–water partition coefficient (Wildman–Crippen LogP) is 3.53. The summed E-state index contributed by atoms with van der Waals surface area (Å²) < 4.78 is 11.4. The van der Waals surface area contributed by atoms with Crippen molar-refractivity contribution >= 4 is 45.9 Å². The van der Waals surface area contributed by atoms with Gasteiger partial charge in [0.25, 0.3) is 0 Å². The van der Waals surface area contributed by atoms with E-state index in [1.54, 1.807) is 14.2 Å². The van der Waals surface area contributed by atoms with Crippen molar-refractivity contribution in [2.45, 2.75) is 26.8 Å². The maximum atomic E-state index is 5.85. The third kappa shape index (κ3) is 7.04. The molecule has 0 spiro atoms. The third-order valence-electron chi connectivity index (χ3n) is 3.00. The van der Waals surface area contributed by atoms with E-state index in [-0.39, 0.29) is 24.0 Å². The zero-order valence-electron chi connectivity index (χ0n) is 13.5. The van der Waals surface area contributed by atoms with Gasteiger partial charge in [-0.2, -0.15) is 0 Å². The van der Waals surface area contributed by atoms with Gasteiger partial charge in [-0.3, -0.25) is 0 Å². The molecule has 0 heterocycles. The van der Waals surface area contributed by atoms with Gasteiger partial charge < -0.3 is 20.5 Å². The van der Waals surface area contributed by atoms with E-state index in [1.165, 1.54) is 0 Å². The van der Waals surface area contributed by atoms with Crippen LogP contribution < -0.4 is 20.5 Å². The summed E-state index contributed by atoms with van der Waals surface area (Å²) in [7, 11) is 3.22. The molecule has 126 valence electrons. The van der Waals surface area contributed by atoms with Crippen LogP contribution >= 0.6 is 39.9 Å². The predicted molar refractivity (Wildman–Crippen MR) is 105 cm³/mol. The Morgan fingerprint density at radius 1 is 1.27 bits per heavy atom. The highest BCUT2D eigenvalue weighted by Gasteiger charge is 2.09. The first-order valence-corrected chi connectivity index (χ1v) is 7.71. The van der Waals surface area contributed by atoms with Crippen LogP contribution in [-0.4, -0.2) is 26.7 Å². The zero-order valence-corrected chi connectivity index (χ0v) is 17.4. The van der Waals surface area contributed by atoms with E-state index in [0.29, 0.717) is 29.9 Å². The van der Waals surface area contributed by atoms with E-state index in [0.717, 1.165) is 23.0 Å². The van der Waals surface area contributed by atoms with E-state index in [1.807, 2.05) is 12.1 Å². The Bertz CT molecular complexity index is 496. The molecule has 0 saturated heterocycles. The van der Waals surface area contributed by atoms with Gasteiger partial charge >= 0.3 is 0 Å². The lowest BCUT2D eigenvalue weighted by molar-refractivity contribution is 0.354. The van der Waals surface area contributed by atoms with E-state index in [9.17, 15) is 0 Å². The number of guanidine groups is 1. The lowest BCUT2D eigenvalue weighted by Gasteiger charge is -2.11. The summed E-state index contributed by atoms with van der Waals surface area (Å²) in [5.74, 6) is 2.46. The number of rotatable bonds is 7. The Balaban J connectivity index is 0.00000441. The number of nitrogens with one attached hydrogen (secondary N) is 1. The van der Waals surface area contributed by atoms with Gasteiger partial charge in [0.2, 0.25) is 0 Å². The van der Waals surface area contributed by atoms with Crippen LogP contribution in [0.2, 0.25) is 0 Å². The fourth-order valence-electron chi connectivity index (χ4n) is 1.73. The molecular weight excluding hydrogens is 461 g/mol. The maximum Gasteiger partial charge on any atom is 0.188 e. The SMILES string of the molecule is COc1cc(Br)c(CN=C(N)NCCC(C)C)cc1OC.I. The monoisotopic (exact) mass is 485 g/mol. The molecule has 1 aromatic rings. The van der Waals surface area contributed by atoms with Crippen molar-refractivity contribution in [1.82, 2.24) is 5.32 Å². The number of aliphatic imine (C=N–C) groups is 1. The van der Waals surface area contributed by atoms with Crippen molar-refractivity contribution in [3.8, 4) is 11.5 Å². The van der Waals surface area contributed by atoms with Gasteiger partial charge in [0.05, 0.1) is 20.8 Å². The van der Waals surface area contributed by atoms with E-state index >= 15 is 0 Å². The first-order valence-electron chi connectivity index (χ1n) is 6.92. The summed E-state index contributed by atoms with van der Waals surface area (Å²) in [4.78, 5) is 4.34. The molecule has 0 aliphatic carbocycles. The summed E-state index contributed by atoms with van der Waals surface area (Å²) in [5, 5.41) is 3.11. The summed E-state index contributed by atoms with van der Waals surface area (Å²) >= 11 is 3.51. The molecule has 22 heavy (non-hydrogen) atoms. The number of benzene rings is 1. The summed E-state index contributed by atoms with van der Waals surface area (Å²) in [6, 6.07) is 3.76. The van der Waals surface area contributed by atoms with E-state index in [2.05, 4.69) is 40.1 Å². The Labute approximate surface area is 158 Å². The molecule has 0 aliphatic rings. The molecule has 0 aliphatic heterocycles. The number of methoxy groups -OCH3 is 2. The van der Waals surface area contributed by atoms with Gasteiger partial charge in [0.1, 0.15) is 0 Å². The van der Waals surface area contributed by atoms with Gasteiger partial charge in [-0.25, -0.2) is 4.99 Å². The molecule has 3 N–H and O–H groups in total. The average molecular weight is 486 g/mol. The second kappa shape index (κ2) is 10.9. The van der Waals surface area contributed by atoms with Crippen LogP contribution in [0.3, 0.4) is 0 Å². The second-order valence-electron chi connectivity index (χ2n) is 5.11. The van der Waals surface area contributed by atoms with Crippen molar-refractivity contribution < 1.29 is 9.47 Å². The Hall–Kier alpha value is -0.700. The molecule has 0 bridgehead atoms. The van der Waals surface area contributed by atoms with Crippen LogP contribution in [0.1, 0.15) is 25.8 Å². The zero-order chi connectivity index (χ0) is 15.8. The topological polar surface area (TPSA) is 68.9 Å². The van der Waals surface area contributed by atoms with Crippen molar-refractivity contribution in [2.75, 3.05) is 20.8 Å². The number of nitrogens with two attached hydrogens (primary N) is 1. The molecule has 7 heteroatoms. The molecule has 0 atom stereocenters. The van der Waals surface area contributed by atoms with Gasteiger partial charge in [0.15, 0.2) is 17.5 Å². The number of ether oxygens (including phenoxy) is 2. The fraction of sp³-hybridized carbons (Fsp3) is 0.533. The van der Waals surface area contributed by atoms with Crippen molar-refractivity contribution in [3.05, 3.63) is 22.2 Å². The minimum absolute atomic E-state index is 0. The first kappa shape index (κ1) is 21.3. The van der Waals surface area contributed by atoms with Gasteiger partial charge in [-0.05, 0) is 30.0 Å². The second-order valence-corrected chi connectivity index (χ2v) is 5.96. The molecule has 0 saturated carbocycles. The molecule has 0 amide bonds. The lowest BCUT2D eigenvalue weighted by atomic mass is 10.1. The molecule has 5 nitrogen and oxygen atoms in total. The number of hydrogen-bond acceptors (Lipinski definition) is 3. The van der Waals surface area contributed by atoms with Crippen LogP contribution in [0.25, 0.3) is 0 Å². The molecule has 0 unspecified atom stereocenters. The Kier molecular flexibility index (Phi) is 10.6. The molecule has 0 fully saturated rings. The van der Waals surface area contributed by atoms with E-state index < -0.39 is 0 Å². The van der Waals surface area contributed by atoms with Crippen molar-refractivity contribution in [2.24, 2.45) is 16.6 Å². The minimum Gasteiger partial charge on any atom is -0.493 e. The first-order chi connectivity index (χ1) is 9.97. The van der Waals surface area contributed by atoms with Crippen LogP contribution in [-0.2, 0) is 6.54 Å². The van der Waals surface area contributed by atoms with Crippen LogP contribution in [0.5, 0.6) is 11.5 Å². The van der Waals surface area contributed by atoms with E-state index in [4.69, 9.17) is 15.2 Å². The number of nitrogens with zero attached hydrogens (tertiary/aromatic N) is 1. The van der Waals surface area contributed by atoms with Gasteiger partial charge in [-0.15, -0.1) is 24.0 Å². The maximum absolute atomic E-state index is 5.85. The Morgan fingerprint density at radius 3 is 2.41 bits per heavy atom.